The maximum absolute atomic E-state index is 12.3. The van der Waals surface area contributed by atoms with E-state index in [0.29, 0.717) is 10.1 Å². The van der Waals surface area contributed by atoms with Crippen LogP contribution in [0.5, 0.6) is 0 Å². The van der Waals surface area contributed by atoms with Crippen LogP contribution in [0.2, 0.25) is 0 Å². The molecule has 0 amide bonds. The van der Waals surface area contributed by atoms with Crippen LogP contribution in [0.3, 0.4) is 0 Å². The summed E-state index contributed by atoms with van der Waals surface area (Å²) < 4.78 is 0.611. The van der Waals surface area contributed by atoms with Gasteiger partial charge in [-0.15, -0.1) is 4.73 Å². The van der Waals surface area contributed by atoms with Gasteiger partial charge in [0.25, 0.3) is 5.56 Å². The number of rotatable bonds is 1. The molecule has 4 nitrogen and oxygen atoms in total. The van der Waals surface area contributed by atoms with Gasteiger partial charge in [-0.25, -0.2) is 4.98 Å². The van der Waals surface area contributed by atoms with Crippen LogP contribution in [-0.4, -0.2) is 14.9 Å². The zero-order chi connectivity index (χ0) is 15.1. The molecule has 0 aliphatic rings. The number of benzene rings is 2. The first-order chi connectivity index (χ1) is 10.8. The molecule has 2 aromatic carbocycles. The summed E-state index contributed by atoms with van der Waals surface area (Å²) in [4.78, 5) is 16.4. The lowest BCUT2D eigenvalue weighted by Gasteiger charge is -2.08. The topological polar surface area (TPSA) is 55.1 Å². The molecule has 2 heterocycles. The molecule has 0 saturated heterocycles. The first-order valence-corrected chi connectivity index (χ1v) is 6.94. The second kappa shape index (κ2) is 4.70. The van der Waals surface area contributed by atoms with Crippen LogP contribution < -0.4 is 5.56 Å². The van der Waals surface area contributed by atoms with Crippen molar-refractivity contribution >= 4 is 21.8 Å². The summed E-state index contributed by atoms with van der Waals surface area (Å²) in [6, 6.07) is 19.2. The zero-order valence-corrected chi connectivity index (χ0v) is 11.6. The minimum atomic E-state index is -0.458. The fraction of sp³-hybridized carbons (Fsp3) is 0. The van der Waals surface area contributed by atoms with Crippen LogP contribution in [0.1, 0.15) is 0 Å². The molecular formula is C18H12N2O2. The van der Waals surface area contributed by atoms with Gasteiger partial charge in [0.15, 0.2) is 5.65 Å². The van der Waals surface area contributed by atoms with E-state index in [1.807, 2.05) is 48.5 Å². The molecule has 1 N–H and O–H groups in total. The average Bonchev–Trinajstić information content (AvgIpc) is 2.60. The predicted molar refractivity (Wildman–Crippen MR) is 86.1 cm³/mol. The minimum Gasteiger partial charge on any atom is -0.423 e. The lowest BCUT2D eigenvalue weighted by Crippen LogP contribution is -2.19. The average molecular weight is 288 g/mol. The van der Waals surface area contributed by atoms with E-state index in [0.717, 1.165) is 21.9 Å². The van der Waals surface area contributed by atoms with E-state index >= 15 is 0 Å². The smallest absolute Gasteiger partial charge is 0.292 e. The summed E-state index contributed by atoms with van der Waals surface area (Å²) in [7, 11) is 0. The number of aromatic nitrogens is 2. The molecule has 4 heteroatoms. The summed E-state index contributed by atoms with van der Waals surface area (Å²) in [5, 5.41) is 12.0. The van der Waals surface area contributed by atoms with E-state index in [9.17, 15) is 10.0 Å². The number of hydrogen-bond donors (Lipinski definition) is 1. The van der Waals surface area contributed by atoms with Crippen molar-refractivity contribution in [2.45, 2.75) is 0 Å². The minimum absolute atomic E-state index is 0.269. The van der Waals surface area contributed by atoms with E-state index in [4.69, 9.17) is 0 Å². The highest BCUT2D eigenvalue weighted by molar-refractivity contribution is 6.05. The SMILES string of the molecule is O=c1c2ccc(-c3ccccc3)cc2c2cccnc2n1O. The molecule has 0 aliphatic heterocycles. The molecule has 0 saturated carbocycles. The summed E-state index contributed by atoms with van der Waals surface area (Å²) in [5.41, 5.74) is 1.91. The van der Waals surface area contributed by atoms with Gasteiger partial charge in [-0.05, 0) is 40.8 Å². The Bertz CT molecular complexity index is 1050. The van der Waals surface area contributed by atoms with Crippen molar-refractivity contribution in [3.05, 3.63) is 77.2 Å². The summed E-state index contributed by atoms with van der Waals surface area (Å²) in [6.07, 6.45) is 1.56. The molecule has 2 aromatic heterocycles. The van der Waals surface area contributed by atoms with Gasteiger partial charge in [0.2, 0.25) is 0 Å². The first-order valence-electron chi connectivity index (χ1n) is 6.94. The normalized spacial score (nSPS) is 11.1. The maximum Gasteiger partial charge on any atom is 0.292 e. The Labute approximate surface area is 125 Å². The summed E-state index contributed by atoms with van der Waals surface area (Å²) in [6.45, 7) is 0. The Morgan fingerprint density at radius 2 is 1.64 bits per heavy atom. The summed E-state index contributed by atoms with van der Waals surface area (Å²) >= 11 is 0. The Kier molecular flexibility index (Phi) is 2.69. The molecule has 106 valence electrons. The zero-order valence-electron chi connectivity index (χ0n) is 11.6. The molecule has 0 atom stereocenters. The largest absolute Gasteiger partial charge is 0.423 e. The van der Waals surface area contributed by atoms with E-state index in [1.165, 1.54) is 0 Å². The van der Waals surface area contributed by atoms with Crippen LogP contribution in [0.15, 0.2) is 71.7 Å². The van der Waals surface area contributed by atoms with Crippen LogP contribution in [0.4, 0.5) is 0 Å². The van der Waals surface area contributed by atoms with Gasteiger partial charge in [0, 0.05) is 11.6 Å². The van der Waals surface area contributed by atoms with Gasteiger partial charge in [-0.2, -0.15) is 0 Å². The quantitative estimate of drug-likeness (QED) is 0.431. The van der Waals surface area contributed by atoms with Crippen molar-refractivity contribution in [3.63, 3.8) is 0 Å². The van der Waals surface area contributed by atoms with Crippen molar-refractivity contribution in [1.82, 2.24) is 9.71 Å². The lowest BCUT2D eigenvalue weighted by atomic mass is 10.0. The number of pyridine rings is 2. The van der Waals surface area contributed by atoms with Gasteiger partial charge in [0.1, 0.15) is 0 Å². The second-order valence-corrected chi connectivity index (χ2v) is 5.12. The molecular weight excluding hydrogens is 276 g/mol. The Morgan fingerprint density at radius 3 is 2.45 bits per heavy atom. The number of fused-ring (bicyclic) bond motifs is 3. The van der Waals surface area contributed by atoms with Crippen LogP contribution in [-0.2, 0) is 0 Å². The molecule has 4 rings (SSSR count). The first kappa shape index (κ1) is 12.6. The monoisotopic (exact) mass is 288 g/mol. The summed E-state index contributed by atoms with van der Waals surface area (Å²) in [5.74, 6) is 0. The van der Waals surface area contributed by atoms with Gasteiger partial charge >= 0.3 is 0 Å². The Balaban J connectivity index is 2.14. The van der Waals surface area contributed by atoms with Crippen molar-refractivity contribution in [3.8, 4) is 11.1 Å². The van der Waals surface area contributed by atoms with Crippen molar-refractivity contribution in [1.29, 1.82) is 0 Å². The molecule has 4 aromatic rings. The van der Waals surface area contributed by atoms with Crippen molar-refractivity contribution in [2.24, 2.45) is 0 Å². The van der Waals surface area contributed by atoms with E-state index in [2.05, 4.69) is 4.98 Å². The predicted octanol–water partition coefficient (Wildman–Crippen LogP) is 3.45. The molecule has 0 aliphatic carbocycles. The molecule has 0 unspecified atom stereocenters. The standard InChI is InChI=1S/C18H12N2O2/c21-18-15-9-8-13(12-5-2-1-3-6-12)11-16(15)14-7-4-10-19-17(14)20(18)22/h1-11,22H. The molecule has 22 heavy (non-hydrogen) atoms. The third-order valence-corrected chi connectivity index (χ3v) is 3.83. The van der Waals surface area contributed by atoms with Crippen LogP contribution in [0, 0.1) is 0 Å². The van der Waals surface area contributed by atoms with Gasteiger partial charge in [-0.1, -0.05) is 36.4 Å². The van der Waals surface area contributed by atoms with E-state index in [1.54, 1.807) is 18.3 Å². The van der Waals surface area contributed by atoms with E-state index in [-0.39, 0.29) is 5.65 Å². The fourth-order valence-electron chi connectivity index (χ4n) is 2.75. The van der Waals surface area contributed by atoms with Gasteiger partial charge in [-0.3, -0.25) is 4.79 Å². The number of hydrogen-bond acceptors (Lipinski definition) is 3. The van der Waals surface area contributed by atoms with Gasteiger partial charge in [0.05, 0.1) is 5.39 Å². The molecule has 0 bridgehead atoms. The lowest BCUT2D eigenvalue weighted by molar-refractivity contribution is 0.188. The Morgan fingerprint density at radius 1 is 0.818 bits per heavy atom. The van der Waals surface area contributed by atoms with E-state index < -0.39 is 5.56 Å². The Hall–Kier alpha value is -3.14. The molecule has 0 fully saturated rings. The third-order valence-electron chi connectivity index (χ3n) is 3.83. The second-order valence-electron chi connectivity index (χ2n) is 5.12. The van der Waals surface area contributed by atoms with Crippen LogP contribution >= 0.6 is 0 Å². The highest BCUT2D eigenvalue weighted by Crippen LogP contribution is 2.27. The highest BCUT2D eigenvalue weighted by Gasteiger charge is 2.11. The van der Waals surface area contributed by atoms with Crippen molar-refractivity contribution in [2.75, 3.05) is 0 Å². The van der Waals surface area contributed by atoms with Crippen molar-refractivity contribution < 1.29 is 5.21 Å². The van der Waals surface area contributed by atoms with Crippen LogP contribution in [0.25, 0.3) is 32.9 Å². The molecule has 0 spiro atoms. The highest BCUT2D eigenvalue weighted by atomic mass is 16.5. The maximum atomic E-state index is 12.3. The fourth-order valence-corrected chi connectivity index (χ4v) is 2.75. The van der Waals surface area contributed by atoms with Gasteiger partial charge < -0.3 is 5.21 Å². The molecule has 0 radical (unpaired) electrons. The number of nitrogens with zero attached hydrogens (tertiary/aromatic N) is 2. The third kappa shape index (κ3) is 1.78.